The second kappa shape index (κ2) is 4.66. The molecule has 0 radical (unpaired) electrons. The van der Waals surface area contributed by atoms with E-state index in [0.717, 1.165) is 30.8 Å². The molecule has 1 aliphatic rings. The smallest absolute Gasteiger partial charge is 0.214 e. The van der Waals surface area contributed by atoms with Gasteiger partial charge in [0.05, 0.1) is 6.20 Å². The maximum Gasteiger partial charge on any atom is 0.214 e. The Hall–Kier alpha value is -2.08. The van der Waals surface area contributed by atoms with Crippen molar-refractivity contribution in [3.63, 3.8) is 0 Å². The largest absolute Gasteiger partial charge is 0.313 e. The van der Waals surface area contributed by atoms with Crippen LogP contribution in [0.15, 0.2) is 30.5 Å². The van der Waals surface area contributed by atoms with E-state index in [4.69, 9.17) is 0 Å². The third kappa shape index (κ3) is 2.14. The van der Waals surface area contributed by atoms with Crippen LogP contribution in [0, 0.1) is 5.95 Å². The van der Waals surface area contributed by atoms with Crippen LogP contribution >= 0.6 is 0 Å². The maximum absolute atomic E-state index is 13.0. The topological polar surface area (TPSA) is 55.6 Å². The second-order valence-corrected chi connectivity index (χ2v) is 4.05. The Morgan fingerprint density at radius 2 is 2.28 bits per heavy atom. The van der Waals surface area contributed by atoms with Crippen LogP contribution in [-0.2, 0) is 0 Å². The van der Waals surface area contributed by atoms with E-state index < -0.39 is 5.95 Å². The number of pyridine rings is 1. The molecule has 1 aliphatic heterocycles. The van der Waals surface area contributed by atoms with Crippen molar-refractivity contribution in [2.24, 2.45) is 0 Å². The Balaban J connectivity index is 1.91. The summed E-state index contributed by atoms with van der Waals surface area (Å²) < 4.78 is 14.5. The Bertz CT molecular complexity index is 590. The van der Waals surface area contributed by atoms with Gasteiger partial charge in [0.2, 0.25) is 5.95 Å². The quantitative estimate of drug-likeness (QED) is 0.807. The van der Waals surface area contributed by atoms with Crippen molar-refractivity contribution in [1.82, 2.24) is 25.3 Å². The van der Waals surface area contributed by atoms with Crippen molar-refractivity contribution in [2.75, 3.05) is 13.1 Å². The van der Waals surface area contributed by atoms with Crippen molar-refractivity contribution in [3.8, 4) is 5.82 Å². The predicted molar refractivity (Wildman–Crippen MR) is 64.6 cm³/mol. The van der Waals surface area contributed by atoms with E-state index in [2.05, 4.69) is 26.7 Å². The average molecular weight is 245 g/mol. The summed E-state index contributed by atoms with van der Waals surface area (Å²) >= 11 is 0. The molecule has 0 aromatic carbocycles. The Kier molecular flexibility index (Phi) is 2.85. The highest BCUT2D eigenvalue weighted by Gasteiger charge is 2.11. The first-order valence-electron chi connectivity index (χ1n) is 5.78. The maximum atomic E-state index is 13.0. The zero-order chi connectivity index (χ0) is 12.4. The van der Waals surface area contributed by atoms with Crippen LogP contribution in [0.25, 0.3) is 11.4 Å². The van der Waals surface area contributed by atoms with E-state index in [1.54, 1.807) is 18.3 Å². The standard InChI is InChI=1S/C12H12FN5/c13-11-2-1-3-12(15-11)18-8-10(16-17-18)9-4-6-14-7-5-9/h1-4,8,14H,5-7H2. The first-order chi connectivity index (χ1) is 8.83. The highest BCUT2D eigenvalue weighted by molar-refractivity contribution is 5.63. The van der Waals surface area contributed by atoms with E-state index in [-0.39, 0.29) is 0 Å². The molecule has 92 valence electrons. The first kappa shape index (κ1) is 11.0. The lowest BCUT2D eigenvalue weighted by molar-refractivity contribution is 0.576. The van der Waals surface area contributed by atoms with Gasteiger partial charge >= 0.3 is 0 Å². The lowest BCUT2D eigenvalue weighted by Gasteiger charge is -2.10. The molecule has 2 aromatic heterocycles. The molecule has 0 bridgehead atoms. The van der Waals surface area contributed by atoms with Gasteiger partial charge in [-0.3, -0.25) is 0 Å². The Labute approximate surface area is 103 Å². The molecule has 0 atom stereocenters. The van der Waals surface area contributed by atoms with Crippen molar-refractivity contribution >= 4 is 5.57 Å². The SMILES string of the molecule is Fc1cccc(-n2cc(C3=CCNCC3)nn2)n1. The first-order valence-corrected chi connectivity index (χ1v) is 5.78. The van der Waals surface area contributed by atoms with Crippen molar-refractivity contribution in [3.05, 3.63) is 42.1 Å². The molecule has 3 rings (SSSR count). The van der Waals surface area contributed by atoms with Crippen molar-refractivity contribution < 1.29 is 4.39 Å². The fourth-order valence-corrected chi connectivity index (χ4v) is 1.90. The van der Waals surface area contributed by atoms with Gasteiger partial charge in [-0.1, -0.05) is 17.4 Å². The van der Waals surface area contributed by atoms with Crippen LogP contribution in [0.4, 0.5) is 4.39 Å². The average Bonchev–Trinajstić information content (AvgIpc) is 2.89. The Morgan fingerprint density at radius 1 is 1.33 bits per heavy atom. The molecule has 0 saturated heterocycles. The van der Waals surface area contributed by atoms with Gasteiger partial charge in [-0.2, -0.15) is 4.39 Å². The van der Waals surface area contributed by atoms with Crippen molar-refractivity contribution in [1.29, 1.82) is 0 Å². The summed E-state index contributed by atoms with van der Waals surface area (Å²) in [5.74, 6) is -0.0890. The monoisotopic (exact) mass is 245 g/mol. The summed E-state index contributed by atoms with van der Waals surface area (Å²) in [6.45, 7) is 1.79. The molecular weight excluding hydrogens is 233 g/mol. The zero-order valence-electron chi connectivity index (χ0n) is 9.67. The van der Waals surface area contributed by atoms with Gasteiger partial charge in [-0.25, -0.2) is 9.67 Å². The zero-order valence-corrected chi connectivity index (χ0v) is 9.67. The molecule has 0 amide bonds. The van der Waals surface area contributed by atoms with Gasteiger partial charge < -0.3 is 5.32 Å². The van der Waals surface area contributed by atoms with Gasteiger partial charge in [0.15, 0.2) is 5.82 Å². The van der Waals surface area contributed by atoms with Crippen LogP contribution in [0.5, 0.6) is 0 Å². The van der Waals surface area contributed by atoms with Crippen molar-refractivity contribution in [2.45, 2.75) is 6.42 Å². The summed E-state index contributed by atoms with van der Waals surface area (Å²) in [6, 6.07) is 4.60. The van der Waals surface area contributed by atoms with Crippen LogP contribution in [0.2, 0.25) is 0 Å². The molecule has 18 heavy (non-hydrogen) atoms. The molecule has 0 fully saturated rings. The summed E-state index contributed by atoms with van der Waals surface area (Å²) in [5.41, 5.74) is 1.99. The minimum atomic E-state index is -0.523. The van der Waals surface area contributed by atoms with Crippen LogP contribution in [0.1, 0.15) is 12.1 Å². The molecule has 1 N–H and O–H groups in total. The minimum absolute atomic E-state index is 0.434. The molecule has 2 aromatic rings. The lowest BCUT2D eigenvalue weighted by Crippen LogP contribution is -2.20. The van der Waals surface area contributed by atoms with E-state index in [1.807, 2.05) is 0 Å². The predicted octanol–water partition coefficient (Wildman–Crippen LogP) is 1.18. The van der Waals surface area contributed by atoms with Gasteiger partial charge in [0.25, 0.3) is 0 Å². The summed E-state index contributed by atoms with van der Waals surface area (Å²) in [4.78, 5) is 3.76. The van der Waals surface area contributed by atoms with Gasteiger partial charge in [0.1, 0.15) is 5.69 Å². The highest BCUT2D eigenvalue weighted by atomic mass is 19.1. The normalized spacial score (nSPS) is 15.5. The van der Waals surface area contributed by atoms with E-state index in [9.17, 15) is 4.39 Å². The lowest BCUT2D eigenvalue weighted by atomic mass is 10.1. The van der Waals surface area contributed by atoms with Gasteiger partial charge in [-0.05, 0) is 30.7 Å². The van der Waals surface area contributed by atoms with Gasteiger partial charge in [0, 0.05) is 6.54 Å². The minimum Gasteiger partial charge on any atom is -0.313 e. The van der Waals surface area contributed by atoms with Crippen LogP contribution in [-0.4, -0.2) is 33.1 Å². The highest BCUT2D eigenvalue weighted by Crippen LogP contribution is 2.17. The molecule has 0 aliphatic carbocycles. The van der Waals surface area contributed by atoms with E-state index in [0.29, 0.717) is 5.82 Å². The Morgan fingerprint density at radius 3 is 3.06 bits per heavy atom. The molecule has 3 heterocycles. The fraction of sp³-hybridized carbons (Fsp3) is 0.250. The molecule has 0 unspecified atom stereocenters. The van der Waals surface area contributed by atoms with Crippen LogP contribution in [0.3, 0.4) is 0 Å². The summed E-state index contributed by atoms with van der Waals surface area (Å²) in [7, 11) is 0. The number of nitrogens with zero attached hydrogens (tertiary/aromatic N) is 4. The van der Waals surface area contributed by atoms with Gasteiger partial charge in [-0.15, -0.1) is 5.10 Å². The molecular formula is C12H12FN5. The number of halogens is 1. The third-order valence-corrected chi connectivity index (χ3v) is 2.82. The molecule has 0 saturated carbocycles. The van der Waals surface area contributed by atoms with E-state index in [1.165, 1.54) is 10.7 Å². The number of rotatable bonds is 2. The summed E-state index contributed by atoms with van der Waals surface area (Å²) in [5, 5.41) is 11.3. The molecule has 5 nitrogen and oxygen atoms in total. The third-order valence-electron chi connectivity index (χ3n) is 2.82. The van der Waals surface area contributed by atoms with Crippen LogP contribution < -0.4 is 5.32 Å². The van der Waals surface area contributed by atoms with E-state index >= 15 is 0 Å². The number of nitrogens with one attached hydrogen (secondary N) is 1. The number of hydrogen-bond acceptors (Lipinski definition) is 4. The number of hydrogen-bond donors (Lipinski definition) is 1. The molecule has 0 spiro atoms. The fourth-order valence-electron chi connectivity index (χ4n) is 1.90. The number of aromatic nitrogens is 4. The molecule has 6 heteroatoms. The second-order valence-electron chi connectivity index (χ2n) is 4.05. The summed E-state index contributed by atoms with van der Waals surface area (Å²) in [6.07, 6.45) is 4.80.